The number of esters is 1. The quantitative estimate of drug-likeness (QED) is 0.503. The highest BCUT2D eigenvalue weighted by molar-refractivity contribution is 6.39. The Hall–Kier alpha value is -2.51. The third-order valence-electron chi connectivity index (χ3n) is 2.45. The van der Waals surface area contributed by atoms with Gasteiger partial charge in [0.2, 0.25) is 0 Å². The van der Waals surface area contributed by atoms with Crippen LogP contribution in [0, 0.1) is 0 Å². The lowest BCUT2D eigenvalue weighted by atomic mass is 10.3. The van der Waals surface area contributed by atoms with E-state index in [2.05, 4.69) is 9.72 Å². The normalized spacial score (nSPS) is 10.1. The molecule has 1 heterocycles. The lowest BCUT2D eigenvalue weighted by Gasteiger charge is -2.10. The first-order valence-corrected chi connectivity index (χ1v) is 6.53. The van der Waals surface area contributed by atoms with Gasteiger partial charge in [0, 0.05) is 12.3 Å². The largest absolute Gasteiger partial charge is 0.456 e. The fourth-order valence-corrected chi connectivity index (χ4v) is 1.89. The number of nitrogens with two attached hydrogens (primary N) is 2. The number of primary amides is 1. The molecule has 1 aromatic carbocycles. The van der Waals surface area contributed by atoms with E-state index in [1.807, 2.05) is 0 Å². The average Bonchev–Trinajstić information content (AvgIpc) is 2.47. The van der Waals surface area contributed by atoms with Crippen molar-refractivity contribution in [3.63, 3.8) is 0 Å². The van der Waals surface area contributed by atoms with Gasteiger partial charge in [-0.15, -0.1) is 0 Å². The maximum Gasteiger partial charge on any atom is 0.412 e. The number of hydrogen-bond donors (Lipinski definition) is 2. The summed E-state index contributed by atoms with van der Waals surface area (Å²) in [4.78, 5) is 25.8. The van der Waals surface area contributed by atoms with Gasteiger partial charge in [0.05, 0.1) is 10.7 Å². The number of nitrogens with zero attached hydrogens (tertiary/aromatic N) is 1. The van der Waals surface area contributed by atoms with Crippen LogP contribution >= 0.6 is 23.2 Å². The van der Waals surface area contributed by atoms with E-state index in [9.17, 15) is 9.59 Å². The Balaban J connectivity index is 2.26. The van der Waals surface area contributed by atoms with E-state index >= 15 is 0 Å². The molecule has 2 aromatic rings. The van der Waals surface area contributed by atoms with Crippen LogP contribution in [0.1, 0.15) is 10.5 Å². The lowest BCUT2D eigenvalue weighted by molar-refractivity contribution is 0.0631. The van der Waals surface area contributed by atoms with E-state index in [-0.39, 0.29) is 32.9 Å². The second kappa shape index (κ2) is 6.50. The summed E-state index contributed by atoms with van der Waals surface area (Å²) in [7, 11) is 0. The summed E-state index contributed by atoms with van der Waals surface area (Å²) in [6.07, 6.45) is 0.0618. The third-order valence-corrected chi connectivity index (χ3v) is 3.17. The molecule has 1 amide bonds. The summed E-state index contributed by atoms with van der Waals surface area (Å²) >= 11 is 11.8. The molecule has 0 aliphatic carbocycles. The van der Waals surface area contributed by atoms with Crippen molar-refractivity contribution in [2.24, 2.45) is 5.73 Å². The molecule has 1 aromatic heterocycles. The zero-order valence-corrected chi connectivity index (χ0v) is 12.4. The van der Waals surface area contributed by atoms with Crippen LogP contribution < -0.4 is 16.2 Å². The molecule has 4 N–H and O–H groups in total. The molecule has 0 saturated heterocycles. The summed E-state index contributed by atoms with van der Waals surface area (Å²) in [5.74, 6) is -0.529. The van der Waals surface area contributed by atoms with Crippen LogP contribution in [0.25, 0.3) is 0 Å². The predicted octanol–water partition coefficient (Wildman–Crippen LogP) is 3.00. The van der Waals surface area contributed by atoms with Gasteiger partial charge in [0.1, 0.15) is 16.5 Å². The number of halogens is 2. The highest BCUT2D eigenvalue weighted by atomic mass is 35.5. The molecule has 0 aliphatic rings. The molecule has 0 radical (unpaired) electrons. The number of aromatic nitrogens is 1. The fraction of sp³-hybridized carbons (Fsp3) is 0. The fourth-order valence-electron chi connectivity index (χ4n) is 1.49. The third kappa shape index (κ3) is 3.57. The van der Waals surface area contributed by atoms with Gasteiger partial charge in [-0.25, -0.2) is 14.6 Å². The van der Waals surface area contributed by atoms with E-state index in [1.54, 1.807) is 0 Å². The molecule has 0 spiro atoms. The topological polar surface area (TPSA) is 118 Å². The number of amides is 1. The van der Waals surface area contributed by atoms with Crippen LogP contribution in [0.15, 0.2) is 30.5 Å². The molecule has 0 aliphatic heterocycles. The van der Waals surface area contributed by atoms with E-state index < -0.39 is 12.1 Å². The number of carbonyl (C=O) groups is 2. The molecule has 9 heteroatoms. The van der Waals surface area contributed by atoms with Gasteiger partial charge in [-0.05, 0) is 18.2 Å². The van der Waals surface area contributed by atoms with Gasteiger partial charge in [0.15, 0.2) is 5.69 Å². The average molecular weight is 342 g/mol. The lowest BCUT2D eigenvalue weighted by Crippen LogP contribution is -2.19. The summed E-state index contributed by atoms with van der Waals surface area (Å²) in [5.41, 5.74) is 10.5. The highest BCUT2D eigenvalue weighted by Gasteiger charge is 2.14. The second-order valence-electron chi connectivity index (χ2n) is 3.96. The molecule has 2 rings (SSSR count). The number of benzene rings is 1. The van der Waals surface area contributed by atoms with Crippen molar-refractivity contribution in [2.45, 2.75) is 0 Å². The predicted molar refractivity (Wildman–Crippen MR) is 80.2 cm³/mol. The van der Waals surface area contributed by atoms with Crippen molar-refractivity contribution >= 4 is 41.0 Å². The Kier molecular flexibility index (Phi) is 4.69. The number of carbonyl (C=O) groups excluding carboxylic acids is 2. The first-order valence-electron chi connectivity index (χ1n) is 5.77. The van der Waals surface area contributed by atoms with Crippen molar-refractivity contribution in [2.75, 3.05) is 5.73 Å². The summed E-state index contributed by atoms with van der Waals surface area (Å²) in [6, 6.07) is 5.76. The maximum absolute atomic E-state index is 11.5. The molecular weight excluding hydrogens is 333 g/mol. The van der Waals surface area contributed by atoms with Crippen molar-refractivity contribution in [1.82, 2.24) is 4.98 Å². The summed E-state index contributed by atoms with van der Waals surface area (Å²) < 4.78 is 9.72. The second-order valence-corrected chi connectivity index (χ2v) is 4.75. The molecule has 0 bridgehead atoms. The van der Waals surface area contributed by atoms with Gasteiger partial charge >= 0.3 is 12.1 Å². The van der Waals surface area contributed by atoms with Gasteiger partial charge in [-0.2, -0.15) is 0 Å². The van der Waals surface area contributed by atoms with E-state index in [0.717, 1.165) is 0 Å². The molecule has 0 unspecified atom stereocenters. The zero-order chi connectivity index (χ0) is 16.3. The minimum Gasteiger partial charge on any atom is -0.456 e. The number of hydrogen-bond acceptors (Lipinski definition) is 6. The molecule has 0 saturated carbocycles. The van der Waals surface area contributed by atoms with E-state index in [4.69, 9.17) is 39.4 Å². The van der Waals surface area contributed by atoms with Crippen molar-refractivity contribution in [3.8, 4) is 11.5 Å². The molecule has 22 heavy (non-hydrogen) atoms. The van der Waals surface area contributed by atoms with Crippen LogP contribution in [0.5, 0.6) is 11.5 Å². The maximum atomic E-state index is 11.5. The molecule has 114 valence electrons. The summed E-state index contributed by atoms with van der Waals surface area (Å²) in [6.45, 7) is 0. The monoisotopic (exact) mass is 341 g/mol. The van der Waals surface area contributed by atoms with Crippen molar-refractivity contribution < 1.29 is 19.1 Å². The molecule has 7 nitrogen and oxygen atoms in total. The van der Waals surface area contributed by atoms with Gasteiger partial charge in [-0.1, -0.05) is 23.2 Å². The van der Waals surface area contributed by atoms with Crippen LogP contribution in [0.3, 0.4) is 0 Å². The minimum atomic E-state index is -1.23. The standard InChI is InChI=1S/C13H9Cl2N3O4/c14-7-1-2-9(10(15)11(7)16)21-6-3-4-18-8(5-6)12(19)22-13(17)20/h1-5H,16H2,(H2,17,20). The SMILES string of the molecule is NC(=O)OC(=O)c1cc(Oc2ccc(Cl)c(N)c2Cl)ccn1. The first-order chi connectivity index (χ1) is 10.4. The van der Waals surface area contributed by atoms with E-state index in [1.165, 1.54) is 30.5 Å². The molecule has 0 fully saturated rings. The van der Waals surface area contributed by atoms with Crippen LogP contribution in [-0.4, -0.2) is 17.0 Å². The highest BCUT2D eigenvalue weighted by Crippen LogP contribution is 2.37. The smallest absolute Gasteiger partial charge is 0.412 e. The first kappa shape index (κ1) is 15.9. The van der Waals surface area contributed by atoms with Gasteiger partial charge in [-0.3, -0.25) is 0 Å². The van der Waals surface area contributed by atoms with E-state index in [0.29, 0.717) is 0 Å². The van der Waals surface area contributed by atoms with Gasteiger partial charge in [0.25, 0.3) is 0 Å². The Morgan fingerprint density at radius 3 is 2.59 bits per heavy atom. The summed E-state index contributed by atoms with van der Waals surface area (Å²) in [5, 5.41) is 0.420. The molecular formula is C13H9Cl2N3O4. The number of pyridine rings is 1. The Labute approximate surface area is 134 Å². The van der Waals surface area contributed by atoms with Crippen LogP contribution in [0.4, 0.5) is 10.5 Å². The number of ether oxygens (including phenoxy) is 2. The molecule has 0 atom stereocenters. The minimum absolute atomic E-state index is 0.130. The van der Waals surface area contributed by atoms with Crippen molar-refractivity contribution in [1.29, 1.82) is 0 Å². The van der Waals surface area contributed by atoms with Crippen LogP contribution in [-0.2, 0) is 4.74 Å². The Morgan fingerprint density at radius 2 is 1.91 bits per heavy atom. The number of rotatable bonds is 3. The van der Waals surface area contributed by atoms with Gasteiger partial charge < -0.3 is 20.9 Å². The Bertz CT molecular complexity index is 752. The zero-order valence-electron chi connectivity index (χ0n) is 10.9. The number of anilines is 1. The van der Waals surface area contributed by atoms with Crippen LogP contribution in [0.2, 0.25) is 10.0 Å². The Morgan fingerprint density at radius 1 is 1.18 bits per heavy atom. The number of nitrogen functional groups attached to an aromatic ring is 1. The van der Waals surface area contributed by atoms with Crippen molar-refractivity contribution in [3.05, 3.63) is 46.2 Å².